The van der Waals surface area contributed by atoms with Crippen LogP contribution in [0.15, 0.2) is 33.7 Å². The van der Waals surface area contributed by atoms with Gasteiger partial charge < -0.3 is 0 Å². The Labute approximate surface area is 91.7 Å². The van der Waals surface area contributed by atoms with Crippen molar-refractivity contribution in [3.63, 3.8) is 0 Å². The van der Waals surface area contributed by atoms with E-state index in [9.17, 15) is 0 Å². The predicted octanol–water partition coefficient (Wildman–Crippen LogP) is 2.56. The number of rotatable bonds is 2. The van der Waals surface area contributed by atoms with Gasteiger partial charge in [0.15, 0.2) is 0 Å². The minimum absolute atomic E-state index is 0.947. The first-order valence-corrected chi connectivity index (χ1v) is 5.45. The summed E-state index contributed by atoms with van der Waals surface area (Å²) in [5, 5.41) is 0. The van der Waals surface area contributed by atoms with Crippen LogP contribution in [0.4, 0.5) is 5.69 Å². The lowest BCUT2D eigenvalue weighted by molar-refractivity contribution is 0.944. The number of benzene rings is 1. The molecular formula is C10H12BrN3. The maximum Gasteiger partial charge on any atom is 0.115 e. The lowest BCUT2D eigenvalue weighted by atomic mass is 10.3. The van der Waals surface area contributed by atoms with E-state index >= 15 is 0 Å². The van der Waals surface area contributed by atoms with Gasteiger partial charge in [0.1, 0.15) is 5.84 Å². The van der Waals surface area contributed by atoms with E-state index in [-0.39, 0.29) is 0 Å². The highest BCUT2D eigenvalue weighted by Crippen LogP contribution is 2.14. The van der Waals surface area contributed by atoms with E-state index in [1.807, 2.05) is 24.3 Å². The largest absolute Gasteiger partial charge is 0.300 e. The van der Waals surface area contributed by atoms with Crippen molar-refractivity contribution in [3.8, 4) is 0 Å². The number of amidine groups is 1. The molecule has 1 aromatic rings. The molecule has 0 amide bonds. The number of hydrogen-bond donors (Lipinski definition) is 2. The first kappa shape index (κ1) is 9.52. The van der Waals surface area contributed by atoms with Gasteiger partial charge >= 0.3 is 0 Å². The normalized spacial score (nSPS) is 15.1. The third-order valence-electron chi connectivity index (χ3n) is 2.05. The van der Waals surface area contributed by atoms with Gasteiger partial charge in [0, 0.05) is 17.4 Å². The van der Waals surface area contributed by atoms with E-state index in [1.54, 1.807) is 0 Å². The first-order chi connectivity index (χ1) is 6.84. The Morgan fingerprint density at radius 1 is 1.29 bits per heavy atom. The molecule has 2 N–H and O–H groups in total. The van der Waals surface area contributed by atoms with Crippen molar-refractivity contribution >= 4 is 27.5 Å². The van der Waals surface area contributed by atoms with Crippen LogP contribution in [-0.2, 0) is 0 Å². The smallest absolute Gasteiger partial charge is 0.115 e. The molecule has 14 heavy (non-hydrogen) atoms. The lowest BCUT2D eigenvalue weighted by Gasteiger charge is -2.08. The third-order valence-corrected chi connectivity index (χ3v) is 2.54. The zero-order chi connectivity index (χ0) is 9.80. The number of nitrogens with zero attached hydrogens (tertiary/aromatic N) is 1. The van der Waals surface area contributed by atoms with Gasteiger partial charge in [-0.05, 0) is 24.6 Å². The van der Waals surface area contributed by atoms with Crippen molar-refractivity contribution in [2.75, 3.05) is 12.0 Å². The summed E-state index contributed by atoms with van der Waals surface area (Å²) >= 11 is 3.42. The van der Waals surface area contributed by atoms with Gasteiger partial charge in [0.25, 0.3) is 0 Å². The van der Waals surface area contributed by atoms with Crippen LogP contribution in [0.2, 0.25) is 0 Å². The van der Waals surface area contributed by atoms with E-state index in [0.29, 0.717) is 0 Å². The number of nitrogens with one attached hydrogen (secondary N) is 2. The topological polar surface area (TPSA) is 36.4 Å². The molecule has 1 heterocycles. The summed E-state index contributed by atoms with van der Waals surface area (Å²) in [6, 6.07) is 8.01. The maximum absolute atomic E-state index is 4.30. The van der Waals surface area contributed by atoms with E-state index in [4.69, 9.17) is 0 Å². The molecule has 0 saturated heterocycles. The van der Waals surface area contributed by atoms with Gasteiger partial charge in [0.2, 0.25) is 0 Å². The highest BCUT2D eigenvalue weighted by atomic mass is 79.9. The number of aliphatic imine (C=N–C) groups is 1. The number of hydrogen-bond acceptors (Lipinski definition) is 3. The minimum atomic E-state index is 0.947. The molecule has 4 heteroatoms. The SMILES string of the molecule is Brc1cccc(NNC2=NCCC2)c1. The Morgan fingerprint density at radius 3 is 2.93 bits per heavy atom. The minimum Gasteiger partial charge on any atom is -0.300 e. The van der Waals surface area contributed by atoms with Crippen molar-refractivity contribution in [3.05, 3.63) is 28.7 Å². The Balaban J connectivity index is 1.91. The van der Waals surface area contributed by atoms with Crippen LogP contribution in [0, 0.1) is 0 Å². The standard InChI is InChI=1S/C10H12BrN3/c11-8-3-1-4-9(7-8)13-14-10-5-2-6-12-10/h1,3-4,7,13H,2,5-6H2,(H,12,14). The molecule has 3 nitrogen and oxygen atoms in total. The summed E-state index contributed by atoms with van der Waals surface area (Å²) in [6.45, 7) is 0.947. The molecule has 0 spiro atoms. The summed E-state index contributed by atoms with van der Waals surface area (Å²) in [4.78, 5) is 4.30. The number of hydrazine groups is 1. The maximum atomic E-state index is 4.30. The molecule has 0 radical (unpaired) electrons. The van der Waals surface area contributed by atoms with Crippen LogP contribution < -0.4 is 10.9 Å². The Morgan fingerprint density at radius 2 is 2.21 bits per heavy atom. The summed E-state index contributed by atoms with van der Waals surface area (Å²) in [5.74, 6) is 1.05. The van der Waals surface area contributed by atoms with Crippen LogP contribution in [0.25, 0.3) is 0 Å². The molecule has 1 aromatic carbocycles. The van der Waals surface area contributed by atoms with Crippen molar-refractivity contribution in [2.45, 2.75) is 12.8 Å². The highest BCUT2D eigenvalue weighted by molar-refractivity contribution is 9.10. The monoisotopic (exact) mass is 253 g/mol. The summed E-state index contributed by atoms with van der Waals surface area (Å²) in [6.07, 6.45) is 2.20. The average molecular weight is 254 g/mol. The molecule has 2 rings (SSSR count). The molecule has 0 bridgehead atoms. The molecule has 0 saturated carbocycles. The van der Waals surface area contributed by atoms with Gasteiger partial charge in [-0.1, -0.05) is 22.0 Å². The van der Waals surface area contributed by atoms with Crippen molar-refractivity contribution in [2.24, 2.45) is 4.99 Å². The Bertz CT molecular complexity index is 349. The molecule has 0 aliphatic carbocycles. The molecule has 1 aliphatic rings. The Kier molecular flexibility index (Phi) is 3.03. The molecule has 0 aromatic heterocycles. The summed E-state index contributed by atoms with van der Waals surface area (Å²) in [7, 11) is 0. The van der Waals surface area contributed by atoms with Crippen molar-refractivity contribution < 1.29 is 0 Å². The fraction of sp³-hybridized carbons (Fsp3) is 0.300. The lowest BCUT2D eigenvalue weighted by Crippen LogP contribution is -2.27. The zero-order valence-corrected chi connectivity index (χ0v) is 9.34. The second kappa shape index (κ2) is 4.46. The molecular weight excluding hydrogens is 242 g/mol. The predicted molar refractivity (Wildman–Crippen MR) is 62.4 cm³/mol. The number of halogens is 1. The van der Waals surface area contributed by atoms with Crippen LogP contribution in [0.1, 0.15) is 12.8 Å². The van der Waals surface area contributed by atoms with E-state index in [2.05, 4.69) is 31.8 Å². The highest BCUT2D eigenvalue weighted by Gasteiger charge is 2.04. The fourth-order valence-electron chi connectivity index (χ4n) is 1.35. The van der Waals surface area contributed by atoms with E-state index in [1.165, 1.54) is 0 Å². The summed E-state index contributed by atoms with van der Waals surface area (Å²) in [5.41, 5.74) is 7.26. The van der Waals surface area contributed by atoms with Crippen LogP contribution in [-0.4, -0.2) is 12.4 Å². The van der Waals surface area contributed by atoms with Crippen molar-refractivity contribution in [1.29, 1.82) is 0 Å². The second-order valence-electron chi connectivity index (χ2n) is 3.19. The third kappa shape index (κ3) is 2.48. The fourth-order valence-corrected chi connectivity index (χ4v) is 1.75. The van der Waals surface area contributed by atoms with Gasteiger partial charge in [-0.15, -0.1) is 0 Å². The van der Waals surface area contributed by atoms with Gasteiger partial charge in [-0.3, -0.25) is 15.8 Å². The first-order valence-electron chi connectivity index (χ1n) is 4.65. The van der Waals surface area contributed by atoms with E-state index < -0.39 is 0 Å². The molecule has 1 aliphatic heterocycles. The van der Waals surface area contributed by atoms with Crippen molar-refractivity contribution in [1.82, 2.24) is 5.43 Å². The van der Waals surface area contributed by atoms with Gasteiger partial charge in [-0.2, -0.15) is 0 Å². The van der Waals surface area contributed by atoms with Crippen LogP contribution in [0.5, 0.6) is 0 Å². The number of anilines is 1. The van der Waals surface area contributed by atoms with Crippen LogP contribution >= 0.6 is 15.9 Å². The molecule has 0 fully saturated rings. The van der Waals surface area contributed by atoms with Gasteiger partial charge in [0.05, 0.1) is 5.69 Å². The second-order valence-corrected chi connectivity index (χ2v) is 4.11. The summed E-state index contributed by atoms with van der Waals surface area (Å²) < 4.78 is 1.07. The zero-order valence-electron chi connectivity index (χ0n) is 7.76. The Hall–Kier alpha value is -1.03. The van der Waals surface area contributed by atoms with Crippen LogP contribution in [0.3, 0.4) is 0 Å². The molecule has 0 atom stereocenters. The average Bonchev–Trinajstić information content (AvgIpc) is 2.67. The van der Waals surface area contributed by atoms with Gasteiger partial charge in [-0.25, -0.2) is 0 Å². The molecule has 74 valence electrons. The quantitative estimate of drug-likeness (QED) is 0.796. The van der Waals surface area contributed by atoms with E-state index in [0.717, 1.165) is 35.4 Å². The molecule has 0 unspecified atom stereocenters.